The predicted molar refractivity (Wildman–Crippen MR) is 155 cm³/mol. The van der Waals surface area contributed by atoms with Crippen molar-refractivity contribution in [2.24, 2.45) is 0 Å². The number of hydrogen-bond donors (Lipinski definition) is 0. The van der Waals surface area contributed by atoms with Gasteiger partial charge in [-0.1, -0.05) is 103 Å². The van der Waals surface area contributed by atoms with Crippen LogP contribution in [-0.2, 0) is 6.54 Å². The standard InChI is InChI=1S/C32H30ClN3OS/c1-22-27-28(24-15-17-25(33)18-16-24)29-31(37-30(27)36(34-22)26-13-7-3-8-14-26)35(21-23-11-5-2-6-12-23)32(38-29)19-9-4-10-20-32/h2-3,5-8,11-18,28H,4,9-10,19-21H2,1H3. The lowest BCUT2D eigenvalue weighted by atomic mass is 9.89. The van der Waals surface area contributed by atoms with E-state index in [0.29, 0.717) is 0 Å². The molecule has 1 fully saturated rings. The fourth-order valence-corrected chi connectivity index (χ4v) is 8.15. The average Bonchev–Trinajstić information content (AvgIpc) is 3.43. The second-order valence-corrected chi connectivity index (χ2v) is 12.3. The van der Waals surface area contributed by atoms with Gasteiger partial charge in [0.05, 0.1) is 32.6 Å². The van der Waals surface area contributed by atoms with Crippen molar-refractivity contribution < 1.29 is 4.74 Å². The third kappa shape index (κ3) is 3.95. The van der Waals surface area contributed by atoms with Crippen LogP contribution in [-0.4, -0.2) is 19.6 Å². The van der Waals surface area contributed by atoms with Crippen LogP contribution < -0.4 is 4.74 Å². The van der Waals surface area contributed by atoms with E-state index in [1.165, 1.54) is 35.3 Å². The largest absolute Gasteiger partial charge is 0.421 e. The van der Waals surface area contributed by atoms with E-state index >= 15 is 0 Å². The molecule has 0 radical (unpaired) electrons. The van der Waals surface area contributed by atoms with E-state index in [1.54, 1.807) is 0 Å². The topological polar surface area (TPSA) is 30.3 Å². The maximum atomic E-state index is 7.01. The molecule has 38 heavy (non-hydrogen) atoms. The van der Waals surface area contributed by atoms with Gasteiger partial charge in [-0.15, -0.1) is 0 Å². The van der Waals surface area contributed by atoms with Gasteiger partial charge in [-0.2, -0.15) is 5.10 Å². The number of ether oxygens (including phenoxy) is 1. The second-order valence-electron chi connectivity index (χ2n) is 10.5. The first-order valence-corrected chi connectivity index (χ1v) is 14.7. The zero-order valence-electron chi connectivity index (χ0n) is 21.4. The van der Waals surface area contributed by atoms with Crippen molar-refractivity contribution in [3.63, 3.8) is 0 Å². The number of benzene rings is 3. The monoisotopic (exact) mass is 539 g/mol. The smallest absolute Gasteiger partial charge is 0.229 e. The summed E-state index contributed by atoms with van der Waals surface area (Å²) in [6, 6.07) is 29.4. The van der Waals surface area contributed by atoms with Gasteiger partial charge < -0.3 is 9.64 Å². The maximum Gasteiger partial charge on any atom is 0.229 e. The van der Waals surface area contributed by atoms with Crippen LogP contribution in [0.25, 0.3) is 5.69 Å². The summed E-state index contributed by atoms with van der Waals surface area (Å²) in [7, 11) is 0. The summed E-state index contributed by atoms with van der Waals surface area (Å²) in [5, 5.41) is 5.76. The average molecular weight is 540 g/mol. The Bertz CT molecular complexity index is 1490. The normalized spacial score (nSPS) is 19.8. The molecule has 1 unspecified atom stereocenters. The first-order valence-electron chi connectivity index (χ1n) is 13.5. The fourth-order valence-electron chi connectivity index (χ4n) is 6.26. The lowest BCUT2D eigenvalue weighted by Crippen LogP contribution is -2.44. The highest BCUT2D eigenvalue weighted by Gasteiger charge is 2.53. The second kappa shape index (κ2) is 9.55. The van der Waals surface area contributed by atoms with E-state index < -0.39 is 0 Å². The minimum absolute atomic E-state index is 0.00577. The summed E-state index contributed by atoms with van der Waals surface area (Å²) in [5.74, 6) is 1.86. The molecule has 0 amide bonds. The van der Waals surface area contributed by atoms with Gasteiger partial charge in [0.15, 0.2) is 0 Å². The first kappa shape index (κ1) is 23.9. The summed E-state index contributed by atoms with van der Waals surface area (Å²) in [6.45, 7) is 2.93. The third-order valence-electron chi connectivity index (χ3n) is 8.08. The highest BCUT2D eigenvalue weighted by atomic mass is 35.5. The molecule has 7 rings (SSSR count). The third-order valence-corrected chi connectivity index (χ3v) is 9.97. The Kier molecular flexibility index (Phi) is 6.01. The number of halogens is 1. The van der Waals surface area contributed by atoms with Crippen LogP contribution in [0.2, 0.25) is 5.02 Å². The van der Waals surface area contributed by atoms with E-state index in [2.05, 4.69) is 66.4 Å². The van der Waals surface area contributed by atoms with Crippen LogP contribution in [0.15, 0.2) is 95.7 Å². The number of hydrogen-bond acceptors (Lipinski definition) is 4. The van der Waals surface area contributed by atoms with Crippen LogP contribution in [0.1, 0.15) is 60.4 Å². The molecule has 1 aliphatic carbocycles. The number of thioether (sulfide) groups is 1. The van der Waals surface area contributed by atoms with Gasteiger partial charge in [-0.25, -0.2) is 4.68 Å². The Balaban J connectivity index is 1.42. The minimum atomic E-state index is 0.00577. The quantitative estimate of drug-likeness (QED) is 0.260. The van der Waals surface area contributed by atoms with Gasteiger partial charge in [-0.05, 0) is 55.2 Å². The van der Waals surface area contributed by atoms with Crippen LogP contribution >= 0.6 is 23.4 Å². The lowest BCUT2D eigenvalue weighted by Gasteiger charge is -2.42. The molecular formula is C32H30ClN3OS. The molecule has 6 heteroatoms. The van der Waals surface area contributed by atoms with Gasteiger partial charge in [0.25, 0.3) is 0 Å². The molecule has 1 aromatic heterocycles. The molecule has 4 nitrogen and oxygen atoms in total. The Morgan fingerprint density at radius 2 is 1.61 bits per heavy atom. The lowest BCUT2D eigenvalue weighted by molar-refractivity contribution is 0.105. The molecule has 0 bridgehead atoms. The fraction of sp³-hybridized carbons (Fsp3) is 0.281. The maximum absolute atomic E-state index is 7.01. The summed E-state index contributed by atoms with van der Waals surface area (Å²) < 4.78 is 8.99. The van der Waals surface area contributed by atoms with Gasteiger partial charge in [0.2, 0.25) is 11.8 Å². The summed E-state index contributed by atoms with van der Waals surface area (Å²) >= 11 is 8.38. The van der Waals surface area contributed by atoms with E-state index in [0.717, 1.165) is 53.1 Å². The molecule has 1 saturated carbocycles. The number of aromatic nitrogens is 2. The molecule has 3 heterocycles. The number of para-hydroxylation sites is 1. The number of allylic oxidation sites excluding steroid dienone is 1. The number of fused-ring (bicyclic) bond motifs is 1. The number of nitrogens with zero attached hydrogens (tertiary/aromatic N) is 3. The summed E-state index contributed by atoms with van der Waals surface area (Å²) in [6.07, 6.45) is 6.11. The van der Waals surface area contributed by atoms with Crippen molar-refractivity contribution in [2.45, 2.75) is 56.4 Å². The zero-order valence-corrected chi connectivity index (χ0v) is 23.0. The molecule has 0 N–H and O–H groups in total. The Morgan fingerprint density at radius 3 is 2.32 bits per heavy atom. The van der Waals surface area contributed by atoms with Crippen LogP contribution in [0, 0.1) is 6.92 Å². The highest BCUT2D eigenvalue weighted by molar-refractivity contribution is 8.04. The van der Waals surface area contributed by atoms with Crippen molar-refractivity contribution >= 4 is 23.4 Å². The molecule has 3 aliphatic rings. The molecule has 1 atom stereocenters. The first-order chi connectivity index (χ1) is 18.6. The highest BCUT2D eigenvalue weighted by Crippen LogP contribution is 2.62. The van der Waals surface area contributed by atoms with E-state index in [9.17, 15) is 0 Å². The molecule has 3 aromatic carbocycles. The summed E-state index contributed by atoms with van der Waals surface area (Å²) in [5.41, 5.74) is 5.67. The minimum Gasteiger partial charge on any atom is -0.421 e. The van der Waals surface area contributed by atoms with Gasteiger partial charge in [-0.3, -0.25) is 0 Å². The number of aryl methyl sites for hydroxylation is 1. The summed E-state index contributed by atoms with van der Waals surface area (Å²) in [4.78, 5) is 3.88. The van der Waals surface area contributed by atoms with Gasteiger partial charge in [0.1, 0.15) is 0 Å². The van der Waals surface area contributed by atoms with E-state index in [1.807, 2.05) is 46.8 Å². The van der Waals surface area contributed by atoms with Crippen LogP contribution in [0.4, 0.5) is 0 Å². The van der Waals surface area contributed by atoms with Crippen molar-refractivity contribution in [1.29, 1.82) is 0 Å². The van der Waals surface area contributed by atoms with Crippen molar-refractivity contribution in [2.75, 3.05) is 0 Å². The van der Waals surface area contributed by atoms with Crippen molar-refractivity contribution in [3.05, 3.63) is 123 Å². The van der Waals surface area contributed by atoms with Crippen LogP contribution in [0.5, 0.6) is 5.88 Å². The molecule has 192 valence electrons. The van der Waals surface area contributed by atoms with Gasteiger partial charge in [0, 0.05) is 11.6 Å². The van der Waals surface area contributed by atoms with Crippen molar-refractivity contribution in [3.8, 4) is 11.6 Å². The Morgan fingerprint density at radius 1 is 0.921 bits per heavy atom. The molecule has 0 saturated heterocycles. The molecule has 2 aliphatic heterocycles. The van der Waals surface area contributed by atoms with E-state index in [-0.39, 0.29) is 10.8 Å². The zero-order chi connectivity index (χ0) is 25.7. The Labute approximate surface area is 233 Å². The predicted octanol–water partition coefficient (Wildman–Crippen LogP) is 8.44. The Hall–Kier alpha value is -3.15. The molecule has 1 spiro atoms. The molecular weight excluding hydrogens is 510 g/mol. The SMILES string of the molecule is Cc1nn(-c2ccccc2)c2c1C(c1ccc(Cl)cc1)C1=C(O2)N(Cc2ccccc2)C2(CCCCC2)S1. The van der Waals surface area contributed by atoms with Crippen molar-refractivity contribution in [1.82, 2.24) is 14.7 Å². The van der Waals surface area contributed by atoms with Gasteiger partial charge >= 0.3 is 0 Å². The number of rotatable bonds is 4. The van der Waals surface area contributed by atoms with E-state index in [4.69, 9.17) is 21.4 Å². The van der Waals surface area contributed by atoms with Crippen LogP contribution in [0.3, 0.4) is 0 Å². The molecule has 4 aromatic rings.